The average Bonchev–Trinajstić information content (AvgIpc) is 3.30. The van der Waals surface area contributed by atoms with Crippen LogP contribution in [-0.2, 0) is 4.79 Å². The lowest BCUT2D eigenvalue weighted by Crippen LogP contribution is -2.25. The molecule has 7 heteroatoms. The number of para-hydroxylation sites is 1. The number of nitrogens with zero attached hydrogens (tertiary/aromatic N) is 1. The van der Waals surface area contributed by atoms with Crippen molar-refractivity contribution < 1.29 is 19.5 Å². The number of anilines is 2. The van der Waals surface area contributed by atoms with Gasteiger partial charge < -0.3 is 15.7 Å². The Labute approximate surface area is 185 Å². The largest absolute Gasteiger partial charge is 0.481 e. The summed E-state index contributed by atoms with van der Waals surface area (Å²) in [6.45, 7) is 0. The predicted octanol–water partition coefficient (Wildman–Crippen LogP) is 5.08. The highest BCUT2D eigenvalue weighted by Crippen LogP contribution is 2.34. The summed E-state index contributed by atoms with van der Waals surface area (Å²) in [6.07, 6.45) is 3.48. The summed E-state index contributed by atoms with van der Waals surface area (Å²) >= 11 is 0. The molecule has 0 radical (unpaired) electrons. The van der Waals surface area contributed by atoms with E-state index in [9.17, 15) is 19.5 Å². The zero-order valence-electron chi connectivity index (χ0n) is 17.3. The fraction of sp³-hybridized carbons (Fsp3) is 0.200. The minimum Gasteiger partial charge on any atom is -0.481 e. The van der Waals surface area contributed by atoms with Gasteiger partial charge >= 0.3 is 12.0 Å². The smallest absolute Gasteiger partial charge is 0.323 e. The molecule has 0 saturated heterocycles. The standard InChI is InChI=1S/C25H23N3O4/c29-23(20-7-4-8-21(20)24(30)31)22-14-11-17(15-26-22)16-9-12-19(13-10-16)28-25(32)27-18-5-2-1-3-6-18/h1-3,5-6,9-15,20-21H,4,7-8H2,(H,30,31)(H2,27,28,32). The first kappa shape index (κ1) is 21.2. The van der Waals surface area contributed by atoms with Crippen LogP contribution in [0.3, 0.4) is 0 Å². The number of nitrogens with one attached hydrogen (secondary N) is 2. The Morgan fingerprint density at radius 2 is 1.41 bits per heavy atom. The maximum atomic E-state index is 12.7. The van der Waals surface area contributed by atoms with Gasteiger partial charge in [0.25, 0.3) is 0 Å². The monoisotopic (exact) mass is 429 g/mol. The number of amides is 2. The van der Waals surface area contributed by atoms with Crippen LogP contribution in [0, 0.1) is 11.8 Å². The van der Waals surface area contributed by atoms with Crippen molar-refractivity contribution in [1.29, 1.82) is 0 Å². The topological polar surface area (TPSA) is 108 Å². The van der Waals surface area contributed by atoms with Crippen LogP contribution in [0.4, 0.5) is 16.2 Å². The number of carboxylic acid groups (broad SMARTS) is 1. The number of Topliss-reactive ketones (excluding diaryl/α,β-unsaturated/α-hetero) is 1. The number of urea groups is 1. The minimum absolute atomic E-state index is 0.203. The Morgan fingerprint density at radius 1 is 0.781 bits per heavy atom. The highest BCUT2D eigenvalue weighted by molar-refractivity contribution is 6.00. The molecule has 32 heavy (non-hydrogen) atoms. The number of aliphatic carboxylic acids is 1. The second kappa shape index (κ2) is 9.43. The molecule has 0 bridgehead atoms. The number of carboxylic acids is 1. The first-order chi connectivity index (χ1) is 15.5. The molecule has 0 aliphatic heterocycles. The van der Waals surface area contributed by atoms with Crippen molar-refractivity contribution in [2.24, 2.45) is 11.8 Å². The van der Waals surface area contributed by atoms with Gasteiger partial charge in [0.1, 0.15) is 5.69 Å². The fourth-order valence-corrected chi connectivity index (χ4v) is 4.03. The van der Waals surface area contributed by atoms with Gasteiger partial charge in [0.05, 0.1) is 5.92 Å². The summed E-state index contributed by atoms with van der Waals surface area (Å²) in [4.78, 5) is 40.5. The summed E-state index contributed by atoms with van der Waals surface area (Å²) in [5.74, 6) is -2.24. The zero-order chi connectivity index (χ0) is 22.5. The van der Waals surface area contributed by atoms with Crippen molar-refractivity contribution in [3.63, 3.8) is 0 Å². The summed E-state index contributed by atoms with van der Waals surface area (Å²) in [7, 11) is 0. The van der Waals surface area contributed by atoms with E-state index in [1.807, 2.05) is 30.3 Å². The highest BCUT2D eigenvalue weighted by Gasteiger charge is 2.38. The SMILES string of the molecule is O=C(Nc1ccccc1)Nc1ccc(-c2ccc(C(=O)C3CCCC3C(=O)O)nc2)cc1. The molecule has 1 saturated carbocycles. The highest BCUT2D eigenvalue weighted by atomic mass is 16.4. The summed E-state index contributed by atoms with van der Waals surface area (Å²) in [6, 6.07) is 19.6. The molecule has 4 rings (SSSR count). The van der Waals surface area contributed by atoms with Crippen molar-refractivity contribution in [1.82, 2.24) is 4.98 Å². The van der Waals surface area contributed by atoms with Gasteiger partial charge in [0.15, 0.2) is 5.78 Å². The van der Waals surface area contributed by atoms with E-state index in [0.29, 0.717) is 29.9 Å². The van der Waals surface area contributed by atoms with E-state index in [1.54, 1.807) is 42.6 Å². The number of ketones is 1. The molecule has 7 nitrogen and oxygen atoms in total. The normalized spacial score (nSPS) is 17.5. The zero-order valence-corrected chi connectivity index (χ0v) is 17.3. The van der Waals surface area contributed by atoms with Gasteiger partial charge in [-0.05, 0) is 48.7 Å². The molecule has 1 fully saturated rings. The number of benzene rings is 2. The van der Waals surface area contributed by atoms with Crippen LogP contribution >= 0.6 is 0 Å². The third-order valence-electron chi connectivity index (χ3n) is 5.69. The Bertz CT molecular complexity index is 1110. The van der Waals surface area contributed by atoms with Crippen molar-refractivity contribution >= 4 is 29.2 Å². The number of aromatic nitrogens is 1. The molecule has 1 aromatic heterocycles. The maximum Gasteiger partial charge on any atom is 0.323 e. The second-order valence-electron chi connectivity index (χ2n) is 7.80. The van der Waals surface area contributed by atoms with Crippen molar-refractivity contribution in [2.45, 2.75) is 19.3 Å². The molecule has 162 valence electrons. The van der Waals surface area contributed by atoms with Crippen molar-refractivity contribution in [2.75, 3.05) is 10.6 Å². The van der Waals surface area contributed by atoms with Crippen LogP contribution in [0.5, 0.6) is 0 Å². The molecule has 3 aromatic rings. The van der Waals surface area contributed by atoms with E-state index in [2.05, 4.69) is 15.6 Å². The lowest BCUT2D eigenvalue weighted by Gasteiger charge is -2.14. The second-order valence-corrected chi connectivity index (χ2v) is 7.80. The van der Waals surface area contributed by atoms with Gasteiger partial charge in [0, 0.05) is 29.1 Å². The van der Waals surface area contributed by atoms with Crippen LogP contribution in [0.25, 0.3) is 11.1 Å². The third kappa shape index (κ3) is 4.83. The molecular weight excluding hydrogens is 406 g/mol. The number of hydrogen-bond acceptors (Lipinski definition) is 4. The molecule has 2 unspecified atom stereocenters. The van der Waals surface area contributed by atoms with Crippen LogP contribution in [-0.4, -0.2) is 27.9 Å². The van der Waals surface area contributed by atoms with Gasteiger partial charge in [-0.3, -0.25) is 14.6 Å². The van der Waals surface area contributed by atoms with Crippen molar-refractivity contribution in [3.05, 3.63) is 78.6 Å². The first-order valence-electron chi connectivity index (χ1n) is 10.5. The van der Waals surface area contributed by atoms with E-state index in [4.69, 9.17) is 0 Å². The lowest BCUT2D eigenvalue weighted by molar-refractivity contribution is -0.142. The Morgan fingerprint density at radius 3 is 2.03 bits per heavy atom. The fourth-order valence-electron chi connectivity index (χ4n) is 4.03. The number of carbonyl (C=O) groups is 3. The molecule has 2 aromatic carbocycles. The first-order valence-corrected chi connectivity index (χ1v) is 10.5. The molecule has 2 atom stereocenters. The van der Waals surface area contributed by atoms with E-state index < -0.39 is 17.8 Å². The molecule has 1 aliphatic rings. The number of carbonyl (C=O) groups excluding carboxylic acids is 2. The van der Waals surface area contributed by atoms with Crippen LogP contribution in [0.1, 0.15) is 29.8 Å². The van der Waals surface area contributed by atoms with E-state index in [1.165, 1.54) is 0 Å². The summed E-state index contributed by atoms with van der Waals surface area (Å²) in [5, 5.41) is 14.9. The van der Waals surface area contributed by atoms with Crippen molar-refractivity contribution in [3.8, 4) is 11.1 Å². The summed E-state index contributed by atoms with van der Waals surface area (Å²) < 4.78 is 0. The number of rotatable bonds is 6. The molecule has 1 heterocycles. The van der Waals surface area contributed by atoms with Gasteiger partial charge in [-0.25, -0.2) is 4.79 Å². The predicted molar refractivity (Wildman–Crippen MR) is 122 cm³/mol. The van der Waals surface area contributed by atoms with E-state index in [0.717, 1.165) is 17.5 Å². The van der Waals surface area contributed by atoms with Crippen LogP contribution in [0.2, 0.25) is 0 Å². The molecule has 2 amide bonds. The third-order valence-corrected chi connectivity index (χ3v) is 5.69. The van der Waals surface area contributed by atoms with Gasteiger partial charge in [-0.15, -0.1) is 0 Å². The van der Waals surface area contributed by atoms with Crippen LogP contribution < -0.4 is 10.6 Å². The minimum atomic E-state index is -0.913. The van der Waals surface area contributed by atoms with E-state index in [-0.39, 0.29) is 11.8 Å². The number of hydrogen-bond donors (Lipinski definition) is 3. The molecular formula is C25H23N3O4. The maximum absolute atomic E-state index is 12.7. The number of pyridine rings is 1. The van der Waals surface area contributed by atoms with Gasteiger partial charge in [0.2, 0.25) is 0 Å². The van der Waals surface area contributed by atoms with Crippen LogP contribution in [0.15, 0.2) is 72.9 Å². The van der Waals surface area contributed by atoms with E-state index >= 15 is 0 Å². The Kier molecular flexibility index (Phi) is 6.26. The molecule has 1 aliphatic carbocycles. The van der Waals surface area contributed by atoms with Gasteiger partial charge in [-0.1, -0.05) is 42.8 Å². The molecule has 0 spiro atoms. The quantitative estimate of drug-likeness (QED) is 0.474. The molecule has 3 N–H and O–H groups in total. The average molecular weight is 429 g/mol. The Hall–Kier alpha value is -4.00. The lowest BCUT2D eigenvalue weighted by atomic mass is 9.90. The Balaban J connectivity index is 1.39. The van der Waals surface area contributed by atoms with Gasteiger partial charge in [-0.2, -0.15) is 0 Å². The summed E-state index contributed by atoms with van der Waals surface area (Å²) in [5.41, 5.74) is 3.35.